The first-order valence-corrected chi connectivity index (χ1v) is 3.11. The molecule has 12 heavy (non-hydrogen) atoms. The third-order valence-corrected chi connectivity index (χ3v) is 1.36. The number of amides is 1. The van der Waals surface area contributed by atoms with E-state index in [4.69, 9.17) is 16.7 Å². The molecule has 1 heterocycles. The van der Waals surface area contributed by atoms with E-state index in [9.17, 15) is 4.79 Å². The van der Waals surface area contributed by atoms with Crippen LogP contribution in [0.1, 0.15) is 15.9 Å². The molecule has 0 radical (unpaired) electrons. The Kier molecular flexibility index (Phi) is 1.92. The lowest BCUT2D eigenvalue weighted by Crippen LogP contribution is -2.14. The van der Waals surface area contributed by atoms with E-state index < -0.39 is 5.91 Å². The van der Waals surface area contributed by atoms with Crippen LogP contribution < -0.4 is 11.5 Å². The van der Waals surface area contributed by atoms with Crippen LogP contribution in [0.2, 0.25) is 0 Å². The van der Waals surface area contributed by atoms with Crippen LogP contribution in [0.4, 0.5) is 5.82 Å². The van der Waals surface area contributed by atoms with Gasteiger partial charge in [0.1, 0.15) is 17.5 Å². The zero-order valence-electron chi connectivity index (χ0n) is 6.11. The van der Waals surface area contributed by atoms with E-state index >= 15 is 0 Å². The van der Waals surface area contributed by atoms with Crippen LogP contribution in [0.15, 0.2) is 12.3 Å². The quantitative estimate of drug-likeness (QED) is 0.587. The van der Waals surface area contributed by atoms with Gasteiger partial charge in [-0.1, -0.05) is 0 Å². The number of hydrogen-bond donors (Lipinski definition) is 2. The molecule has 0 spiro atoms. The molecule has 5 nitrogen and oxygen atoms in total. The van der Waals surface area contributed by atoms with Crippen LogP contribution in [0.25, 0.3) is 0 Å². The maximum Gasteiger partial charge on any atom is 0.250 e. The third kappa shape index (κ3) is 1.18. The Morgan fingerprint density at radius 3 is 2.75 bits per heavy atom. The smallest absolute Gasteiger partial charge is 0.250 e. The number of nitrogens with two attached hydrogens (primary N) is 2. The van der Waals surface area contributed by atoms with Crippen molar-refractivity contribution < 1.29 is 4.79 Å². The normalized spacial score (nSPS) is 8.92. The van der Waals surface area contributed by atoms with Gasteiger partial charge in [0, 0.05) is 6.20 Å². The molecule has 0 aliphatic carbocycles. The van der Waals surface area contributed by atoms with Gasteiger partial charge in [0.15, 0.2) is 0 Å². The highest BCUT2D eigenvalue weighted by Crippen LogP contribution is 2.11. The van der Waals surface area contributed by atoms with E-state index in [0.29, 0.717) is 0 Å². The summed E-state index contributed by atoms with van der Waals surface area (Å²) >= 11 is 0. The number of rotatable bonds is 1. The Bertz CT molecular complexity index is 366. The minimum absolute atomic E-state index is 0.0220. The predicted molar refractivity (Wildman–Crippen MR) is 41.9 cm³/mol. The van der Waals surface area contributed by atoms with Gasteiger partial charge in [0.2, 0.25) is 5.91 Å². The lowest BCUT2D eigenvalue weighted by molar-refractivity contribution is 0.1000. The third-order valence-electron chi connectivity index (χ3n) is 1.36. The highest BCUT2D eigenvalue weighted by Gasteiger charge is 2.10. The number of primary amides is 1. The Morgan fingerprint density at radius 2 is 2.33 bits per heavy atom. The van der Waals surface area contributed by atoms with E-state index in [2.05, 4.69) is 4.98 Å². The molecule has 1 amide bonds. The molecule has 0 bridgehead atoms. The molecule has 1 rings (SSSR count). The maximum atomic E-state index is 10.7. The van der Waals surface area contributed by atoms with Crippen molar-refractivity contribution in [3.8, 4) is 6.07 Å². The zero-order chi connectivity index (χ0) is 9.14. The van der Waals surface area contributed by atoms with Crippen molar-refractivity contribution in [3.05, 3.63) is 23.4 Å². The van der Waals surface area contributed by atoms with Gasteiger partial charge < -0.3 is 11.5 Å². The lowest BCUT2D eigenvalue weighted by Gasteiger charge is -1.99. The second-order valence-corrected chi connectivity index (χ2v) is 2.09. The number of pyridine rings is 1. The van der Waals surface area contributed by atoms with Gasteiger partial charge in [-0.3, -0.25) is 4.79 Å². The average molecular weight is 162 g/mol. The molecule has 0 aliphatic rings. The first-order valence-electron chi connectivity index (χ1n) is 3.11. The highest BCUT2D eigenvalue weighted by molar-refractivity contribution is 5.96. The van der Waals surface area contributed by atoms with Crippen molar-refractivity contribution in [1.29, 1.82) is 5.26 Å². The van der Waals surface area contributed by atoms with Crippen molar-refractivity contribution in [2.24, 2.45) is 5.73 Å². The van der Waals surface area contributed by atoms with Crippen molar-refractivity contribution in [2.45, 2.75) is 0 Å². The van der Waals surface area contributed by atoms with Gasteiger partial charge in [-0.2, -0.15) is 5.26 Å². The van der Waals surface area contributed by atoms with Crippen molar-refractivity contribution in [3.63, 3.8) is 0 Å². The summed E-state index contributed by atoms with van der Waals surface area (Å²) in [5.74, 6) is -0.658. The van der Waals surface area contributed by atoms with Crippen molar-refractivity contribution in [1.82, 2.24) is 4.98 Å². The van der Waals surface area contributed by atoms with Gasteiger partial charge in [0.05, 0.1) is 5.56 Å². The summed E-state index contributed by atoms with van der Waals surface area (Å²) in [6.07, 6.45) is 1.33. The lowest BCUT2D eigenvalue weighted by atomic mass is 10.1. The standard InChI is InChI=1S/C7H6N4O/c8-3-5-4(7(10)12)1-2-11-6(5)9/h1-2H,(H2,9,11)(H2,10,12). The molecule has 5 heteroatoms. The van der Waals surface area contributed by atoms with Crippen LogP contribution in [-0.2, 0) is 0 Å². The van der Waals surface area contributed by atoms with Gasteiger partial charge in [-0.25, -0.2) is 4.98 Å². The molecule has 1 aromatic rings. The molecule has 60 valence electrons. The molecular weight excluding hydrogens is 156 g/mol. The second-order valence-electron chi connectivity index (χ2n) is 2.09. The van der Waals surface area contributed by atoms with Gasteiger partial charge in [-0.05, 0) is 6.07 Å². The number of nitriles is 1. The van der Waals surface area contributed by atoms with E-state index in [1.54, 1.807) is 6.07 Å². The van der Waals surface area contributed by atoms with Gasteiger partial charge in [0.25, 0.3) is 0 Å². The Hall–Kier alpha value is -2.09. The molecule has 0 saturated heterocycles. The van der Waals surface area contributed by atoms with E-state index in [-0.39, 0.29) is 16.9 Å². The molecular formula is C7H6N4O. The Balaban J connectivity index is 3.40. The summed E-state index contributed by atoms with van der Waals surface area (Å²) in [4.78, 5) is 14.4. The molecule has 0 unspecified atom stereocenters. The van der Waals surface area contributed by atoms with Crippen molar-refractivity contribution in [2.75, 3.05) is 5.73 Å². The molecule has 0 atom stereocenters. The number of hydrogen-bond acceptors (Lipinski definition) is 4. The number of anilines is 1. The molecule has 0 fully saturated rings. The van der Waals surface area contributed by atoms with Crippen molar-refractivity contribution >= 4 is 11.7 Å². The monoisotopic (exact) mass is 162 g/mol. The van der Waals surface area contributed by atoms with Crippen LogP contribution in [0.5, 0.6) is 0 Å². The van der Waals surface area contributed by atoms with Crippen LogP contribution in [0.3, 0.4) is 0 Å². The summed E-state index contributed by atoms with van der Waals surface area (Å²) in [6.45, 7) is 0. The predicted octanol–water partition coefficient (Wildman–Crippen LogP) is -0.366. The topological polar surface area (TPSA) is 106 Å². The number of aromatic nitrogens is 1. The fourth-order valence-electron chi connectivity index (χ4n) is 0.801. The molecule has 0 aromatic carbocycles. The summed E-state index contributed by atoms with van der Waals surface area (Å²) in [6, 6.07) is 3.12. The minimum atomic E-state index is -0.680. The number of carbonyl (C=O) groups excluding carboxylic acids is 1. The van der Waals surface area contributed by atoms with Gasteiger partial charge in [-0.15, -0.1) is 0 Å². The first kappa shape index (κ1) is 8.01. The van der Waals surface area contributed by atoms with Crippen LogP contribution in [0, 0.1) is 11.3 Å². The summed E-state index contributed by atoms with van der Waals surface area (Å²) < 4.78 is 0. The van der Waals surface area contributed by atoms with E-state index in [0.717, 1.165) is 0 Å². The first-order chi connectivity index (χ1) is 5.66. The number of carbonyl (C=O) groups is 1. The fourth-order valence-corrected chi connectivity index (χ4v) is 0.801. The van der Waals surface area contributed by atoms with E-state index in [1.165, 1.54) is 12.3 Å². The molecule has 4 N–H and O–H groups in total. The Morgan fingerprint density at radius 1 is 1.67 bits per heavy atom. The fraction of sp³-hybridized carbons (Fsp3) is 0. The molecule has 1 aromatic heterocycles. The second kappa shape index (κ2) is 2.88. The summed E-state index contributed by atoms with van der Waals surface area (Å²) in [5.41, 5.74) is 10.4. The molecule has 0 aliphatic heterocycles. The number of nitrogens with zero attached hydrogens (tertiary/aromatic N) is 2. The summed E-state index contributed by atoms with van der Waals surface area (Å²) in [7, 11) is 0. The molecule has 0 saturated carbocycles. The largest absolute Gasteiger partial charge is 0.383 e. The van der Waals surface area contributed by atoms with Gasteiger partial charge >= 0.3 is 0 Å². The Labute approximate surface area is 68.6 Å². The summed E-state index contributed by atoms with van der Waals surface area (Å²) in [5, 5.41) is 8.57. The number of nitrogen functional groups attached to an aromatic ring is 1. The SMILES string of the molecule is N#Cc1c(C(N)=O)ccnc1N. The highest BCUT2D eigenvalue weighted by atomic mass is 16.1. The van der Waals surface area contributed by atoms with Crippen LogP contribution in [-0.4, -0.2) is 10.9 Å². The zero-order valence-corrected chi connectivity index (χ0v) is 6.11. The van der Waals surface area contributed by atoms with Crippen LogP contribution >= 0.6 is 0 Å². The minimum Gasteiger partial charge on any atom is -0.383 e. The maximum absolute atomic E-state index is 10.7. The van der Waals surface area contributed by atoms with E-state index in [1.807, 2.05) is 0 Å². The average Bonchev–Trinajstić information content (AvgIpc) is 2.03.